The zero-order chi connectivity index (χ0) is 27.3. The molecule has 38 heavy (non-hydrogen) atoms. The minimum Gasteiger partial charge on any atom is -0.458 e. The molecule has 0 aromatic heterocycles. The second-order valence-electron chi connectivity index (χ2n) is 12.5. The first kappa shape index (κ1) is 29.2. The normalized spacial score (nSPS) is 37.5. The highest BCUT2D eigenvalue weighted by atomic mass is 32.2. The van der Waals surface area contributed by atoms with Gasteiger partial charge in [-0.05, 0) is 67.8 Å². The summed E-state index contributed by atoms with van der Waals surface area (Å²) >= 11 is 1.57. The first-order valence-electron chi connectivity index (χ1n) is 14.7. The summed E-state index contributed by atoms with van der Waals surface area (Å²) in [7, 11) is 0. The van der Waals surface area contributed by atoms with Gasteiger partial charge in [0, 0.05) is 23.0 Å². The van der Waals surface area contributed by atoms with Crippen LogP contribution in [0.4, 0.5) is 0 Å². The van der Waals surface area contributed by atoms with Crippen LogP contribution in [0.25, 0.3) is 0 Å². The molecule has 210 valence electrons. The zero-order valence-corrected chi connectivity index (χ0v) is 24.2. The highest BCUT2D eigenvalue weighted by molar-refractivity contribution is 7.98. The number of hydrogen-bond donors (Lipinski definition) is 0. The maximum absolute atomic E-state index is 13.1. The van der Waals surface area contributed by atoms with Gasteiger partial charge < -0.3 is 4.74 Å². The smallest absolute Gasteiger partial charge is 0.307 e. The third-order valence-electron chi connectivity index (χ3n) is 10.4. The van der Waals surface area contributed by atoms with Crippen molar-refractivity contribution in [3.05, 3.63) is 28.7 Å². The maximum atomic E-state index is 13.1. The molecule has 0 aliphatic heterocycles. The van der Waals surface area contributed by atoms with E-state index in [4.69, 9.17) is 4.74 Å². The summed E-state index contributed by atoms with van der Waals surface area (Å²) in [6.45, 7) is 4.11. The van der Waals surface area contributed by atoms with Crippen LogP contribution < -0.4 is 0 Å². The van der Waals surface area contributed by atoms with Crippen molar-refractivity contribution in [3.8, 4) is 0 Å². The van der Waals surface area contributed by atoms with Crippen LogP contribution in [0, 0.1) is 39.4 Å². The molecule has 0 spiro atoms. The molecular weight excluding hydrogens is 498 g/mol. The van der Waals surface area contributed by atoms with Gasteiger partial charge in [0.15, 0.2) is 11.6 Å². The van der Waals surface area contributed by atoms with Crippen LogP contribution in [0.3, 0.4) is 0 Å². The lowest BCUT2D eigenvalue weighted by atomic mass is 9.46. The Bertz CT molecular complexity index is 960. The second-order valence-corrected chi connectivity index (χ2v) is 13.5. The number of ether oxygens (including phenoxy) is 1. The molecule has 0 N–H and O–H groups in total. The summed E-state index contributed by atoms with van der Waals surface area (Å²) in [5, 5.41) is 3.60. The number of carbonyl (C=O) groups is 3. The van der Waals surface area contributed by atoms with E-state index in [-0.39, 0.29) is 46.8 Å². The van der Waals surface area contributed by atoms with Crippen LogP contribution in [0.15, 0.2) is 29.0 Å². The Hall–Kier alpha value is -1.76. The van der Waals surface area contributed by atoms with Gasteiger partial charge in [0.2, 0.25) is 0 Å². The quantitative estimate of drug-likeness (QED) is 0.257. The van der Waals surface area contributed by atoms with E-state index in [2.05, 4.69) is 19.0 Å². The fraction of sp³-hybridized carbons (Fsp3) is 0.774. The Labute approximate surface area is 232 Å². The highest BCUT2D eigenvalue weighted by Gasteiger charge is 2.63. The Kier molecular flexibility index (Phi) is 9.70. The van der Waals surface area contributed by atoms with E-state index in [0.29, 0.717) is 30.4 Å². The maximum Gasteiger partial charge on any atom is 0.307 e. The summed E-state index contributed by atoms with van der Waals surface area (Å²) in [5.74, 6) is 0.810. The van der Waals surface area contributed by atoms with E-state index < -0.39 is 6.04 Å². The Morgan fingerprint density at radius 1 is 1.08 bits per heavy atom. The van der Waals surface area contributed by atoms with Crippen LogP contribution in [-0.2, 0) is 19.1 Å². The van der Waals surface area contributed by atoms with E-state index in [1.165, 1.54) is 38.5 Å². The van der Waals surface area contributed by atoms with Gasteiger partial charge in [0.1, 0.15) is 6.61 Å². The van der Waals surface area contributed by atoms with Crippen molar-refractivity contribution in [2.75, 3.05) is 18.6 Å². The predicted octanol–water partition coefficient (Wildman–Crippen LogP) is 6.86. The van der Waals surface area contributed by atoms with Gasteiger partial charge in [-0.3, -0.25) is 14.4 Å². The summed E-state index contributed by atoms with van der Waals surface area (Å²) in [6.07, 6.45) is 20.7. The van der Waals surface area contributed by atoms with Crippen molar-refractivity contribution < 1.29 is 19.1 Å². The Morgan fingerprint density at radius 2 is 1.76 bits per heavy atom. The van der Waals surface area contributed by atoms with E-state index in [1.807, 2.05) is 12.3 Å². The minimum absolute atomic E-state index is 0.0192. The summed E-state index contributed by atoms with van der Waals surface area (Å²) in [5.41, 5.74) is 0.478. The van der Waals surface area contributed by atoms with Crippen LogP contribution in [0.1, 0.15) is 90.9 Å². The molecule has 0 saturated heterocycles. The van der Waals surface area contributed by atoms with Gasteiger partial charge in [-0.15, -0.1) is 0 Å². The number of carbonyl (C=O) groups excluding carboxylic acids is 3. The zero-order valence-electron chi connectivity index (χ0n) is 23.4. The van der Waals surface area contributed by atoms with Crippen molar-refractivity contribution in [2.45, 2.75) is 96.9 Å². The molecule has 4 fully saturated rings. The Balaban J connectivity index is 0.000000494. The van der Waals surface area contributed by atoms with Gasteiger partial charge in [0.25, 0.3) is 0 Å². The third kappa shape index (κ3) is 5.88. The van der Waals surface area contributed by atoms with Gasteiger partial charge in [-0.1, -0.05) is 69.2 Å². The number of esters is 1. The molecule has 7 atom stereocenters. The standard InChI is InChI=1S/C25H33NO5S.C6H12/c1-24-10-8-16(27)12-15(24)4-5-17-18-6-7-19(21(28)14-31-22(29)9-11-32-3)25(18,2)13-20(26-30)23(17)24;1-2-4-6-5-3-1/h8,10,12,17-20,23H,4-7,9,11,13-14H2,1-3H3;1-6H2. The molecular formula is C31H45NO5S. The Morgan fingerprint density at radius 3 is 2.39 bits per heavy atom. The summed E-state index contributed by atoms with van der Waals surface area (Å²) in [4.78, 5) is 49.1. The van der Waals surface area contributed by atoms with Crippen LogP contribution >= 0.6 is 11.8 Å². The first-order chi connectivity index (χ1) is 18.2. The average Bonchev–Trinajstić information content (AvgIpc) is 3.28. The predicted molar refractivity (Wildman–Crippen MR) is 152 cm³/mol. The summed E-state index contributed by atoms with van der Waals surface area (Å²) < 4.78 is 5.26. The first-order valence-corrected chi connectivity index (χ1v) is 16.1. The molecule has 0 aromatic rings. The van der Waals surface area contributed by atoms with Gasteiger partial charge in [-0.25, -0.2) is 0 Å². The molecule has 0 aromatic carbocycles. The second kappa shape index (κ2) is 12.6. The SMILES string of the molecule is C1CCCCC1.CSCCC(=O)OCC(=O)C1CCC2C3CCC4=CC(=O)C=CC4(C)C3C(N=O)CC12C. The van der Waals surface area contributed by atoms with E-state index in [1.54, 1.807) is 23.9 Å². The average molecular weight is 544 g/mol. The number of allylic oxidation sites excluding steroid dienone is 4. The lowest BCUT2D eigenvalue weighted by Gasteiger charge is -2.58. The van der Waals surface area contributed by atoms with Crippen LogP contribution in [-0.4, -0.2) is 42.2 Å². The minimum atomic E-state index is -0.398. The molecule has 0 heterocycles. The number of nitroso groups, excluding NO2 is 1. The fourth-order valence-corrected chi connectivity index (χ4v) is 8.90. The molecule has 6 nitrogen and oxygen atoms in total. The van der Waals surface area contributed by atoms with Crippen molar-refractivity contribution in [1.82, 2.24) is 0 Å². The fourth-order valence-electron chi connectivity index (χ4n) is 8.53. The molecule has 7 unspecified atom stereocenters. The number of Topliss-reactive ketones (excluding diaryl/α,β-unsaturated/α-hetero) is 1. The topological polar surface area (TPSA) is 89.9 Å². The van der Waals surface area contributed by atoms with Crippen LogP contribution in [0.5, 0.6) is 0 Å². The lowest BCUT2D eigenvalue weighted by Crippen LogP contribution is -2.56. The number of nitrogens with zero attached hydrogens (tertiary/aromatic N) is 1. The number of hydrogen-bond acceptors (Lipinski definition) is 7. The van der Waals surface area contributed by atoms with E-state index in [0.717, 1.165) is 31.3 Å². The molecule has 5 aliphatic carbocycles. The molecule has 5 aliphatic rings. The van der Waals surface area contributed by atoms with Gasteiger partial charge in [0.05, 0.1) is 12.5 Å². The third-order valence-corrected chi connectivity index (χ3v) is 11.0. The lowest BCUT2D eigenvalue weighted by molar-refractivity contribution is -0.150. The van der Waals surface area contributed by atoms with E-state index >= 15 is 0 Å². The summed E-state index contributed by atoms with van der Waals surface area (Å²) in [6, 6.07) is -0.398. The number of thioether (sulfide) groups is 1. The molecule has 0 amide bonds. The number of rotatable bonds is 7. The molecule has 5 rings (SSSR count). The van der Waals surface area contributed by atoms with Crippen molar-refractivity contribution >= 4 is 29.3 Å². The number of ketones is 2. The molecule has 0 radical (unpaired) electrons. The number of fused-ring (bicyclic) bond motifs is 5. The molecule has 0 bridgehead atoms. The van der Waals surface area contributed by atoms with Crippen molar-refractivity contribution in [1.29, 1.82) is 0 Å². The van der Waals surface area contributed by atoms with Crippen molar-refractivity contribution in [2.24, 2.45) is 39.7 Å². The molecule has 4 saturated carbocycles. The van der Waals surface area contributed by atoms with Crippen LogP contribution in [0.2, 0.25) is 0 Å². The molecule has 7 heteroatoms. The van der Waals surface area contributed by atoms with Gasteiger partial charge >= 0.3 is 5.97 Å². The van der Waals surface area contributed by atoms with Gasteiger partial charge in [-0.2, -0.15) is 16.7 Å². The largest absolute Gasteiger partial charge is 0.458 e. The van der Waals surface area contributed by atoms with E-state index in [9.17, 15) is 19.3 Å². The highest BCUT2D eigenvalue weighted by Crippen LogP contribution is 2.66. The monoisotopic (exact) mass is 543 g/mol. The van der Waals surface area contributed by atoms with Crippen molar-refractivity contribution in [3.63, 3.8) is 0 Å².